The van der Waals surface area contributed by atoms with Crippen molar-refractivity contribution in [2.45, 2.75) is 56.4 Å². The Morgan fingerprint density at radius 3 is 2.66 bits per heavy atom. The highest BCUT2D eigenvalue weighted by molar-refractivity contribution is 6.00. The minimum absolute atomic E-state index is 0.0551. The molecule has 3 aromatic rings. The summed E-state index contributed by atoms with van der Waals surface area (Å²) in [5.41, 5.74) is 1.06. The summed E-state index contributed by atoms with van der Waals surface area (Å²) >= 11 is 0. The molecule has 5 rings (SSSR count). The van der Waals surface area contributed by atoms with Gasteiger partial charge in [-0.05, 0) is 44.2 Å². The average Bonchev–Trinajstić information content (AvgIpc) is 3.47. The average molecular weight is 482 g/mol. The fourth-order valence-electron chi connectivity index (χ4n) is 4.90. The summed E-state index contributed by atoms with van der Waals surface area (Å²) in [6.45, 7) is 0. The van der Waals surface area contributed by atoms with Gasteiger partial charge in [-0.1, -0.05) is 0 Å². The predicted octanol–water partition coefficient (Wildman–Crippen LogP) is 2.32. The fraction of sp³-hybridized carbons (Fsp3) is 0.500. The van der Waals surface area contributed by atoms with Gasteiger partial charge in [-0.2, -0.15) is 9.61 Å². The number of nitrogens with one attached hydrogen (secondary N) is 3. The van der Waals surface area contributed by atoms with E-state index >= 15 is 0 Å². The predicted molar refractivity (Wildman–Crippen MR) is 131 cm³/mol. The maximum absolute atomic E-state index is 13.1. The van der Waals surface area contributed by atoms with Crippen LogP contribution in [-0.2, 0) is 9.47 Å². The molecule has 0 spiro atoms. The number of anilines is 3. The van der Waals surface area contributed by atoms with Crippen molar-refractivity contribution >= 4 is 28.9 Å². The molecule has 3 N–H and O–H groups in total. The Balaban J connectivity index is 1.41. The Kier molecular flexibility index (Phi) is 6.44. The van der Waals surface area contributed by atoms with E-state index in [1.54, 1.807) is 48.7 Å². The van der Waals surface area contributed by atoms with Gasteiger partial charge in [0.1, 0.15) is 22.9 Å². The number of hydrogen-bond donors (Lipinski definition) is 3. The first-order chi connectivity index (χ1) is 17.0. The van der Waals surface area contributed by atoms with E-state index in [0.29, 0.717) is 28.5 Å². The second-order valence-corrected chi connectivity index (χ2v) is 9.15. The van der Waals surface area contributed by atoms with Crippen LogP contribution < -0.4 is 21.5 Å². The Morgan fingerprint density at radius 1 is 1.14 bits per heavy atom. The van der Waals surface area contributed by atoms with E-state index < -0.39 is 0 Å². The molecule has 0 radical (unpaired) electrons. The fourth-order valence-corrected chi connectivity index (χ4v) is 4.90. The maximum Gasteiger partial charge on any atom is 0.274 e. The number of ether oxygens (including phenoxy) is 2. The van der Waals surface area contributed by atoms with Crippen molar-refractivity contribution in [2.75, 3.05) is 31.9 Å². The monoisotopic (exact) mass is 481 g/mol. The maximum atomic E-state index is 13.1. The molecule has 0 aliphatic heterocycles. The van der Waals surface area contributed by atoms with Gasteiger partial charge in [0.05, 0.1) is 18.4 Å². The molecule has 1 unspecified atom stereocenters. The molecule has 2 saturated carbocycles. The van der Waals surface area contributed by atoms with Crippen LogP contribution in [0.2, 0.25) is 0 Å². The Bertz CT molecular complexity index is 1280. The number of pyridine rings is 1. The zero-order valence-electron chi connectivity index (χ0n) is 20.2. The minimum atomic E-state index is -0.229. The highest BCUT2D eigenvalue weighted by Crippen LogP contribution is 2.33. The van der Waals surface area contributed by atoms with Crippen LogP contribution in [0, 0.1) is 0 Å². The molecule has 11 heteroatoms. The molecule has 1 amide bonds. The van der Waals surface area contributed by atoms with Gasteiger partial charge in [0.2, 0.25) is 0 Å². The van der Waals surface area contributed by atoms with Crippen molar-refractivity contribution in [3.05, 3.63) is 46.5 Å². The number of aromatic nitrogens is 4. The quantitative estimate of drug-likeness (QED) is 0.448. The van der Waals surface area contributed by atoms with Crippen LogP contribution in [0.25, 0.3) is 5.65 Å². The summed E-state index contributed by atoms with van der Waals surface area (Å²) in [5, 5.41) is 13.7. The van der Waals surface area contributed by atoms with Crippen molar-refractivity contribution in [1.82, 2.24) is 24.5 Å². The highest BCUT2D eigenvalue weighted by Gasteiger charge is 2.31. The molecule has 0 aromatic carbocycles. The van der Waals surface area contributed by atoms with E-state index in [4.69, 9.17) is 9.47 Å². The zero-order valence-corrected chi connectivity index (χ0v) is 20.2. The molecule has 2 fully saturated rings. The molecular weight excluding hydrogens is 450 g/mol. The van der Waals surface area contributed by atoms with E-state index in [2.05, 4.69) is 26.0 Å². The van der Waals surface area contributed by atoms with Crippen LogP contribution in [0.1, 0.15) is 48.5 Å². The van der Waals surface area contributed by atoms with Crippen molar-refractivity contribution in [3.8, 4) is 0 Å². The number of nitrogens with zero attached hydrogens (tertiary/aromatic N) is 4. The molecule has 0 bridgehead atoms. The SMILES string of the molecule is CNc1cc(Nc2cccn(C3CC(OC)C3)c2=O)nc2c(C(=O)NC3CC[C@H](OC)C3)cnn12. The lowest BCUT2D eigenvalue weighted by molar-refractivity contribution is 0.00522. The third-order valence-corrected chi connectivity index (χ3v) is 7.06. The van der Waals surface area contributed by atoms with Gasteiger partial charge in [0, 0.05) is 45.6 Å². The number of fused-ring (bicyclic) bond motifs is 1. The largest absolute Gasteiger partial charge is 0.381 e. The third-order valence-electron chi connectivity index (χ3n) is 7.06. The van der Waals surface area contributed by atoms with Gasteiger partial charge in [-0.25, -0.2) is 4.98 Å². The number of carbonyl (C=O) groups is 1. The minimum Gasteiger partial charge on any atom is -0.381 e. The molecule has 11 nitrogen and oxygen atoms in total. The van der Waals surface area contributed by atoms with Crippen molar-refractivity contribution < 1.29 is 14.3 Å². The number of hydrogen-bond acceptors (Lipinski definition) is 8. The summed E-state index contributed by atoms with van der Waals surface area (Å²) in [4.78, 5) is 30.8. The summed E-state index contributed by atoms with van der Waals surface area (Å²) in [5.74, 6) is 0.846. The lowest BCUT2D eigenvalue weighted by atomic mass is 9.89. The second kappa shape index (κ2) is 9.67. The van der Waals surface area contributed by atoms with E-state index in [1.807, 2.05) is 6.07 Å². The number of rotatable bonds is 8. The zero-order chi connectivity index (χ0) is 24.5. The molecular formula is C24H31N7O4. The lowest BCUT2D eigenvalue weighted by Crippen LogP contribution is -2.37. The topological polar surface area (TPSA) is 124 Å². The van der Waals surface area contributed by atoms with Crippen molar-refractivity contribution in [1.29, 1.82) is 0 Å². The van der Waals surface area contributed by atoms with Crippen molar-refractivity contribution in [2.24, 2.45) is 0 Å². The summed E-state index contributed by atoms with van der Waals surface area (Å²) in [6, 6.07) is 5.50. The van der Waals surface area contributed by atoms with E-state index in [1.165, 1.54) is 6.20 Å². The summed E-state index contributed by atoms with van der Waals surface area (Å²) in [6.07, 6.45) is 7.90. The number of carbonyl (C=O) groups excluding carboxylic acids is 1. The summed E-state index contributed by atoms with van der Waals surface area (Å²) < 4.78 is 14.1. The van der Waals surface area contributed by atoms with E-state index in [-0.39, 0.29) is 35.8 Å². The van der Waals surface area contributed by atoms with Crippen LogP contribution in [0.3, 0.4) is 0 Å². The molecule has 2 aliphatic carbocycles. The number of amides is 1. The van der Waals surface area contributed by atoms with Crippen LogP contribution in [0.15, 0.2) is 35.4 Å². The molecule has 186 valence electrons. The van der Waals surface area contributed by atoms with Crippen LogP contribution >= 0.6 is 0 Å². The van der Waals surface area contributed by atoms with E-state index in [9.17, 15) is 9.59 Å². The lowest BCUT2D eigenvalue weighted by Gasteiger charge is -2.35. The van der Waals surface area contributed by atoms with Crippen LogP contribution in [-0.4, -0.2) is 64.6 Å². The summed E-state index contributed by atoms with van der Waals surface area (Å²) in [7, 11) is 5.15. The molecule has 0 saturated heterocycles. The van der Waals surface area contributed by atoms with Gasteiger partial charge in [-0.3, -0.25) is 9.59 Å². The first kappa shape index (κ1) is 23.3. The Hall–Kier alpha value is -3.44. The van der Waals surface area contributed by atoms with Gasteiger partial charge < -0.3 is 30.0 Å². The van der Waals surface area contributed by atoms with Gasteiger partial charge in [0.15, 0.2) is 5.65 Å². The number of methoxy groups -OCH3 is 2. The molecule has 2 atom stereocenters. The standard InChI is InChI=1S/C24H31N7O4/c1-25-21-12-20(28-19-5-4-8-30(24(19)33)15-10-17(11-15)35-3)29-22-18(13-26-31(21)22)23(32)27-14-6-7-16(9-14)34-2/h4-5,8,12-17,25H,6-7,9-11H2,1-3H3,(H,27,32)(H,28,29)/t14?,15?,16-,17?/m0/s1. The Labute approximate surface area is 202 Å². The van der Waals surface area contributed by atoms with Crippen LogP contribution in [0.5, 0.6) is 0 Å². The van der Waals surface area contributed by atoms with Gasteiger partial charge >= 0.3 is 0 Å². The van der Waals surface area contributed by atoms with Crippen LogP contribution in [0.4, 0.5) is 17.3 Å². The molecule has 3 heterocycles. The molecule has 3 aromatic heterocycles. The molecule has 35 heavy (non-hydrogen) atoms. The van der Waals surface area contributed by atoms with E-state index in [0.717, 1.165) is 32.1 Å². The van der Waals surface area contributed by atoms with Gasteiger partial charge in [-0.15, -0.1) is 0 Å². The smallest absolute Gasteiger partial charge is 0.274 e. The first-order valence-corrected chi connectivity index (χ1v) is 11.9. The second-order valence-electron chi connectivity index (χ2n) is 9.15. The Morgan fingerprint density at radius 2 is 1.94 bits per heavy atom. The highest BCUT2D eigenvalue weighted by atomic mass is 16.5. The van der Waals surface area contributed by atoms with Gasteiger partial charge in [0.25, 0.3) is 11.5 Å². The van der Waals surface area contributed by atoms with Crippen molar-refractivity contribution in [3.63, 3.8) is 0 Å². The first-order valence-electron chi connectivity index (χ1n) is 11.9. The normalized spacial score (nSPS) is 23.7. The molecule has 2 aliphatic rings. The third kappa shape index (κ3) is 4.48.